The van der Waals surface area contributed by atoms with Gasteiger partial charge in [-0.1, -0.05) is 12.2 Å². The first-order valence-corrected chi connectivity index (χ1v) is 5.82. The van der Waals surface area contributed by atoms with Crippen molar-refractivity contribution in [2.24, 2.45) is 0 Å². The molecule has 1 N–H and O–H groups in total. The molecule has 0 spiro atoms. The number of nitro benzene ring substituents is 1. The molecular weight excluding hydrogens is 232 g/mol. The third-order valence-electron chi connectivity index (χ3n) is 2.51. The summed E-state index contributed by atoms with van der Waals surface area (Å²) in [5.41, 5.74) is 0.883. The Morgan fingerprint density at radius 3 is 2.89 bits per heavy atom. The lowest BCUT2D eigenvalue weighted by Crippen LogP contribution is -2.14. The van der Waals surface area contributed by atoms with Crippen molar-refractivity contribution < 1.29 is 9.66 Å². The standard InChI is InChI=1S/C13H18N2O3/c1-3-4-5-8-14-10-11-9-12(15(16)17)6-7-13(11)18-2/h3-4,6-7,9,14H,5,8,10H2,1-2H3/b4-3+. The molecule has 0 aliphatic rings. The second-order valence-corrected chi connectivity index (χ2v) is 3.79. The van der Waals surface area contributed by atoms with Crippen LogP contribution in [0.1, 0.15) is 18.9 Å². The van der Waals surface area contributed by atoms with E-state index < -0.39 is 4.92 Å². The maximum atomic E-state index is 10.7. The lowest BCUT2D eigenvalue weighted by Gasteiger charge is -2.08. The van der Waals surface area contributed by atoms with Crippen LogP contribution in [0.25, 0.3) is 0 Å². The van der Waals surface area contributed by atoms with Gasteiger partial charge in [-0.05, 0) is 26.0 Å². The van der Waals surface area contributed by atoms with Gasteiger partial charge in [0, 0.05) is 24.2 Å². The Morgan fingerprint density at radius 2 is 2.28 bits per heavy atom. The molecule has 0 heterocycles. The number of nitrogens with one attached hydrogen (secondary N) is 1. The third-order valence-corrected chi connectivity index (χ3v) is 2.51. The van der Waals surface area contributed by atoms with Crippen molar-refractivity contribution in [3.63, 3.8) is 0 Å². The monoisotopic (exact) mass is 250 g/mol. The third kappa shape index (κ3) is 4.18. The van der Waals surface area contributed by atoms with Crippen molar-refractivity contribution >= 4 is 5.69 Å². The second-order valence-electron chi connectivity index (χ2n) is 3.79. The van der Waals surface area contributed by atoms with Gasteiger partial charge in [0.2, 0.25) is 0 Å². The Kier molecular flexibility index (Phi) is 5.87. The molecule has 0 aromatic heterocycles. The minimum atomic E-state index is -0.400. The summed E-state index contributed by atoms with van der Waals surface area (Å²) in [7, 11) is 1.56. The Labute approximate surface area is 107 Å². The maximum Gasteiger partial charge on any atom is 0.270 e. The van der Waals surface area contributed by atoms with Crippen molar-refractivity contribution in [2.45, 2.75) is 19.9 Å². The molecule has 18 heavy (non-hydrogen) atoms. The Bertz CT molecular complexity index is 430. The first-order chi connectivity index (χ1) is 8.69. The summed E-state index contributed by atoms with van der Waals surface area (Å²) in [4.78, 5) is 10.3. The number of hydrogen-bond acceptors (Lipinski definition) is 4. The van der Waals surface area contributed by atoms with E-state index in [1.54, 1.807) is 19.2 Å². The van der Waals surface area contributed by atoms with Gasteiger partial charge in [0.05, 0.1) is 12.0 Å². The van der Waals surface area contributed by atoms with Gasteiger partial charge in [0.1, 0.15) is 5.75 Å². The lowest BCUT2D eigenvalue weighted by atomic mass is 10.1. The van der Waals surface area contributed by atoms with E-state index in [1.807, 2.05) is 13.0 Å². The fourth-order valence-electron chi connectivity index (χ4n) is 1.59. The van der Waals surface area contributed by atoms with E-state index in [4.69, 9.17) is 4.74 Å². The minimum absolute atomic E-state index is 0.0843. The van der Waals surface area contributed by atoms with Crippen LogP contribution in [0.4, 0.5) is 5.69 Å². The molecule has 5 heteroatoms. The van der Waals surface area contributed by atoms with Crippen molar-refractivity contribution in [3.05, 3.63) is 46.0 Å². The number of allylic oxidation sites excluding steroid dienone is 1. The van der Waals surface area contributed by atoms with E-state index in [0.29, 0.717) is 12.3 Å². The summed E-state index contributed by atoms with van der Waals surface area (Å²) in [6.45, 7) is 3.36. The first kappa shape index (κ1) is 14.2. The molecule has 0 radical (unpaired) electrons. The lowest BCUT2D eigenvalue weighted by molar-refractivity contribution is -0.384. The maximum absolute atomic E-state index is 10.7. The molecule has 0 atom stereocenters. The Hall–Kier alpha value is -1.88. The van der Waals surface area contributed by atoms with Crippen LogP contribution in [0.2, 0.25) is 0 Å². The molecule has 1 aromatic carbocycles. The van der Waals surface area contributed by atoms with Crippen LogP contribution in [-0.2, 0) is 6.54 Å². The fraction of sp³-hybridized carbons (Fsp3) is 0.385. The van der Waals surface area contributed by atoms with Crippen LogP contribution in [-0.4, -0.2) is 18.6 Å². The van der Waals surface area contributed by atoms with Gasteiger partial charge in [-0.2, -0.15) is 0 Å². The topological polar surface area (TPSA) is 64.4 Å². The average molecular weight is 250 g/mol. The molecule has 1 rings (SSSR count). The van der Waals surface area contributed by atoms with Gasteiger partial charge in [-0.3, -0.25) is 10.1 Å². The van der Waals surface area contributed by atoms with Gasteiger partial charge in [0.15, 0.2) is 0 Å². The normalized spacial score (nSPS) is 10.8. The smallest absolute Gasteiger partial charge is 0.270 e. The summed E-state index contributed by atoms with van der Waals surface area (Å²) in [5.74, 6) is 0.666. The fourth-order valence-corrected chi connectivity index (χ4v) is 1.59. The highest BCUT2D eigenvalue weighted by Crippen LogP contribution is 2.23. The van der Waals surface area contributed by atoms with Gasteiger partial charge in [-0.15, -0.1) is 0 Å². The summed E-state index contributed by atoms with van der Waals surface area (Å²) in [5, 5.41) is 13.9. The van der Waals surface area contributed by atoms with Gasteiger partial charge < -0.3 is 10.1 Å². The number of ether oxygens (including phenoxy) is 1. The molecule has 5 nitrogen and oxygen atoms in total. The summed E-state index contributed by atoms with van der Waals surface area (Å²) >= 11 is 0. The molecule has 1 aromatic rings. The first-order valence-electron chi connectivity index (χ1n) is 5.82. The quantitative estimate of drug-likeness (QED) is 0.350. The van der Waals surface area contributed by atoms with Crippen LogP contribution in [0, 0.1) is 10.1 Å². The van der Waals surface area contributed by atoms with Crippen LogP contribution in [0.15, 0.2) is 30.4 Å². The molecule has 98 valence electrons. The van der Waals surface area contributed by atoms with E-state index in [9.17, 15) is 10.1 Å². The van der Waals surface area contributed by atoms with Crippen LogP contribution < -0.4 is 10.1 Å². The van der Waals surface area contributed by atoms with E-state index in [-0.39, 0.29) is 5.69 Å². The summed E-state index contributed by atoms with van der Waals surface area (Å²) in [6.07, 6.45) is 5.00. The van der Waals surface area contributed by atoms with Gasteiger partial charge >= 0.3 is 0 Å². The molecule has 0 aliphatic carbocycles. The Balaban J connectivity index is 2.66. The highest BCUT2D eigenvalue weighted by Gasteiger charge is 2.10. The van der Waals surface area contributed by atoms with Crippen LogP contribution in [0.5, 0.6) is 5.75 Å². The number of rotatable bonds is 7. The van der Waals surface area contributed by atoms with E-state index in [0.717, 1.165) is 18.5 Å². The van der Waals surface area contributed by atoms with E-state index in [1.165, 1.54) is 6.07 Å². The summed E-state index contributed by atoms with van der Waals surface area (Å²) in [6, 6.07) is 4.62. The number of nitro groups is 1. The molecular formula is C13H18N2O3. The number of methoxy groups -OCH3 is 1. The largest absolute Gasteiger partial charge is 0.496 e. The van der Waals surface area contributed by atoms with Crippen molar-refractivity contribution in [1.82, 2.24) is 5.32 Å². The minimum Gasteiger partial charge on any atom is -0.496 e. The van der Waals surface area contributed by atoms with Crippen LogP contribution in [0.3, 0.4) is 0 Å². The van der Waals surface area contributed by atoms with Crippen LogP contribution >= 0.6 is 0 Å². The summed E-state index contributed by atoms with van der Waals surface area (Å²) < 4.78 is 5.18. The second kappa shape index (κ2) is 7.45. The number of non-ortho nitro benzene ring substituents is 1. The molecule has 0 amide bonds. The predicted octanol–water partition coefficient (Wildman–Crippen LogP) is 2.66. The van der Waals surface area contributed by atoms with Gasteiger partial charge in [-0.25, -0.2) is 0 Å². The Morgan fingerprint density at radius 1 is 1.50 bits per heavy atom. The van der Waals surface area contributed by atoms with E-state index >= 15 is 0 Å². The average Bonchev–Trinajstić information content (AvgIpc) is 2.38. The highest BCUT2D eigenvalue weighted by atomic mass is 16.6. The zero-order valence-corrected chi connectivity index (χ0v) is 10.7. The molecule has 0 fully saturated rings. The number of hydrogen-bond donors (Lipinski definition) is 1. The van der Waals surface area contributed by atoms with Crippen molar-refractivity contribution in [2.75, 3.05) is 13.7 Å². The molecule has 0 saturated carbocycles. The van der Waals surface area contributed by atoms with E-state index in [2.05, 4.69) is 11.4 Å². The van der Waals surface area contributed by atoms with Gasteiger partial charge in [0.25, 0.3) is 5.69 Å². The zero-order valence-electron chi connectivity index (χ0n) is 10.7. The molecule has 0 bridgehead atoms. The molecule has 0 unspecified atom stereocenters. The van der Waals surface area contributed by atoms with Crippen molar-refractivity contribution in [1.29, 1.82) is 0 Å². The molecule has 0 saturated heterocycles. The number of nitrogens with zero attached hydrogens (tertiary/aromatic N) is 1. The number of benzene rings is 1. The van der Waals surface area contributed by atoms with Crippen molar-refractivity contribution in [3.8, 4) is 5.75 Å². The predicted molar refractivity (Wildman–Crippen MR) is 70.8 cm³/mol. The zero-order chi connectivity index (χ0) is 13.4. The molecule has 0 aliphatic heterocycles. The SMILES string of the molecule is C/C=C/CCNCc1cc([N+](=O)[O-])ccc1OC. The highest BCUT2D eigenvalue weighted by molar-refractivity contribution is 5.43.